The van der Waals surface area contributed by atoms with Gasteiger partial charge in [0, 0.05) is 18.6 Å². The van der Waals surface area contributed by atoms with Crippen LogP contribution < -0.4 is 0 Å². The van der Waals surface area contributed by atoms with Crippen LogP contribution in [0, 0.1) is 5.41 Å². The largest absolute Gasteiger partial charge is 0.481 e. The highest BCUT2D eigenvalue weighted by Crippen LogP contribution is 2.60. The average molecular weight is 238 g/mol. The molecule has 86 valence electrons. The van der Waals surface area contributed by atoms with Crippen LogP contribution in [0.15, 0.2) is 0 Å². The van der Waals surface area contributed by atoms with E-state index >= 15 is 0 Å². The van der Waals surface area contributed by atoms with Gasteiger partial charge in [-0.15, -0.1) is 0 Å². The molecule has 0 bridgehead atoms. The Bertz CT molecular complexity index is 292. The molecule has 2 aliphatic rings. The third-order valence-corrected chi connectivity index (χ3v) is 4.60. The van der Waals surface area contributed by atoms with Crippen molar-refractivity contribution in [3.63, 3.8) is 0 Å². The second-order valence-electron chi connectivity index (χ2n) is 4.43. The second-order valence-corrected chi connectivity index (χ2v) is 5.54. The third kappa shape index (κ3) is 1.45. The van der Waals surface area contributed by atoms with Crippen molar-refractivity contribution >= 4 is 17.7 Å². The van der Waals surface area contributed by atoms with Crippen LogP contribution in [0.1, 0.15) is 19.3 Å². The van der Waals surface area contributed by atoms with E-state index in [2.05, 4.69) is 0 Å². The van der Waals surface area contributed by atoms with Crippen LogP contribution in [0.25, 0.3) is 0 Å². The van der Waals surface area contributed by atoms with E-state index in [4.69, 9.17) is 5.11 Å². The summed E-state index contributed by atoms with van der Waals surface area (Å²) in [4.78, 5) is 11.1. The molecule has 0 aromatic rings. The first kappa shape index (κ1) is 11.1. The zero-order valence-corrected chi connectivity index (χ0v) is 8.82. The minimum absolute atomic E-state index is 0.245. The molecule has 1 aliphatic carbocycles. The van der Waals surface area contributed by atoms with Gasteiger partial charge < -0.3 is 10.2 Å². The van der Waals surface area contributed by atoms with Crippen LogP contribution in [0.2, 0.25) is 0 Å². The lowest BCUT2D eigenvalue weighted by Crippen LogP contribution is -2.64. The summed E-state index contributed by atoms with van der Waals surface area (Å²) in [7, 11) is 0. The molecule has 3 nitrogen and oxygen atoms in total. The molecule has 0 aromatic carbocycles. The number of aliphatic carboxylic acids is 1. The van der Waals surface area contributed by atoms with E-state index in [1.807, 2.05) is 0 Å². The lowest BCUT2D eigenvalue weighted by atomic mass is 9.56. The van der Waals surface area contributed by atoms with Gasteiger partial charge in [0.05, 0.1) is 5.60 Å². The minimum atomic E-state index is -2.93. The van der Waals surface area contributed by atoms with E-state index in [-0.39, 0.29) is 5.75 Å². The van der Waals surface area contributed by atoms with E-state index < -0.39 is 35.7 Å². The molecule has 15 heavy (non-hydrogen) atoms. The van der Waals surface area contributed by atoms with Crippen LogP contribution in [0.3, 0.4) is 0 Å². The van der Waals surface area contributed by atoms with Crippen molar-refractivity contribution in [1.82, 2.24) is 0 Å². The molecule has 1 unspecified atom stereocenters. The topological polar surface area (TPSA) is 57.5 Å². The van der Waals surface area contributed by atoms with Crippen molar-refractivity contribution in [2.75, 3.05) is 11.5 Å². The Morgan fingerprint density at radius 2 is 1.93 bits per heavy atom. The van der Waals surface area contributed by atoms with E-state index in [1.54, 1.807) is 0 Å². The highest BCUT2D eigenvalue weighted by Gasteiger charge is 2.70. The molecule has 1 heterocycles. The smallest absolute Gasteiger partial charge is 0.313 e. The Morgan fingerprint density at radius 3 is 2.27 bits per heavy atom. The van der Waals surface area contributed by atoms with Crippen molar-refractivity contribution in [2.24, 2.45) is 5.41 Å². The van der Waals surface area contributed by atoms with Crippen LogP contribution in [0.5, 0.6) is 0 Å². The van der Waals surface area contributed by atoms with Crippen molar-refractivity contribution in [3.8, 4) is 0 Å². The number of carbonyl (C=O) groups is 1. The normalized spacial score (nSPS) is 37.3. The fraction of sp³-hybridized carbons (Fsp3) is 0.889. The number of hydrogen-bond acceptors (Lipinski definition) is 3. The number of rotatable bonds is 2. The van der Waals surface area contributed by atoms with Gasteiger partial charge >= 0.3 is 5.97 Å². The molecule has 0 radical (unpaired) electrons. The number of hydrogen-bond donors (Lipinski definition) is 2. The highest BCUT2D eigenvalue weighted by atomic mass is 32.2. The van der Waals surface area contributed by atoms with Gasteiger partial charge in [-0.1, -0.05) is 0 Å². The molecule has 0 amide bonds. The number of carboxylic acid groups (broad SMARTS) is 1. The predicted molar refractivity (Wildman–Crippen MR) is 51.1 cm³/mol. The minimum Gasteiger partial charge on any atom is -0.481 e. The summed E-state index contributed by atoms with van der Waals surface area (Å²) < 4.78 is 25.7. The van der Waals surface area contributed by atoms with Gasteiger partial charge in [0.1, 0.15) is 5.41 Å². The first-order valence-corrected chi connectivity index (χ1v) is 5.88. The van der Waals surface area contributed by atoms with Crippen molar-refractivity contribution in [3.05, 3.63) is 0 Å². The van der Waals surface area contributed by atoms with Crippen molar-refractivity contribution in [2.45, 2.75) is 30.8 Å². The van der Waals surface area contributed by atoms with E-state index in [0.717, 1.165) is 0 Å². The number of carboxylic acids is 1. The molecule has 1 saturated heterocycles. The van der Waals surface area contributed by atoms with E-state index in [1.165, 1.54) is 11.8 Å². The Balaban J connectivity index is 2.26. The Kier molecular flexibility index (Phi) is 2.28. The predicted octanol–water partition coefficient (Wildman–Crippen LogP) is 1.35. The van der Waals surface area contributed by atoms with E-state index in [9.17, 15) is 18.7 Å². The summed E-state index contributed by atoms with van der Waals surface area (Å²) in [5.41, 5.74) is -3.08. The van der Waals surface area contributed by atoms with Crippen LogP contribution >= 0.6 is 11.8 Å². The summed E-state index contributed by atoms with van der Waals surface area (Å²) in [6.45, 7) is 0. The SMILES string of the molecule is O=C(O)C1(C2(O)CCSC2)CC(F)(F)C1. The molecule has 0 spiro atoms. The maximum atomic E-state index is 12.8. The molecule has 2 fully saturated rings. The summed E-state index contributed by atoms with van der Waals surface area (Å²) in [5, 5.41) is 19.2. The zero-order valence-electron chi connectivity index (χ0n) is 8.00. The lowest BCUT2D eigenvalue weighted by molar-refractivity contribution is -0.238. The molecule has 2 rings (SSSR count). The summed E-state index contributed by atoms with van der Waals surface area (Å²) in [6, 6.07) is 0. The number of halogens is 2. The summed E-state index contributed by atoms with van der Waals surface area (Å²) in [6.07, 6.45) is -1.17. The molecule has 1 aliphatic heterocycles. The summed E-state index contributed by atoms with van der Waals surface area (Å²) in [5.74, 6) is -3.34. The van der Waals surface area contributed by atoms with Gasteiger partial charge in [-0.05, 0) is 12.2 Å². The molecule has 1 saturated carbocycles. The number of alkyl halides is 2. The maximum Gasteiger partial charge on any atom is 0.313 e. The van der Waals surface area contributed by atoms with Crippen molar-refractivity contribution in [1.29, 1.82) is 0 Å². The average Bonchev–Trinajstić information content (AvgIpc) is 2.48. The molecule has 2 N–H and O–H groups in total. The van der Waals surface area contributed by atoms with Gasteiger partial charge in [0.15, 0.2) is 0 Å². The number of thioether (sulfide) groups is 1. The highest BCUT2D eigenvalue weighted by molar-refractivity contribution is 7.99. The molecule has 6 heteroatoms. The van der Waals surface area contributed by atoms with Gasteiger partial charge in [0.25, 0.3) is 5.92 Å². The fourth-order valence-electron chi connectivity index (χ4n) is 2.44. The molecule has 1 atom stereocenters. The van der Waals surface area contributed by atoms with Gasteiger partial charge in [-0.3, -0.25) is 4.79 Å². The second kappa shape index (κ2) is 3.07. The molecule has 0 aromatic heterocycles. The summed E-state index contributed by atoms with van der Waals surface area (Å²) >= 11 is 1.42. The first-order chi connectivity index (χ1) is 6.81. The van der Waals surface area contributed by atoms with Gasteiger partial charge in [0.2, 0.25) is 0 Å². The maximum absolute atomic E-state index is 12.8. The zero-order chi connectivity index (χ0) is 11.3. The Labute approximate surface area is 89.9 Å². The van der Waals surface area contributed by atoms with E-state index in [0.29, 0.717) is 12.2 Å². The molecular weight excluding hydrogens is 226 g/mol. The molecular formula is C9H12F2O3S. The van der Waals surface area contributed by atoms with Crippen LogP contribution in [-0.2, 0) is 4.79 Å². The van der Waals surface area contributed by atoms with Crippen molar-refractivity contribution < 1.29 is 23.8 Å². The lowest BCUT2D eigenvalue weighted by Gasteiger charge is -2.51. The first-order valence-electron chi connectivity index (χ1n) is 4.73. The van der Waals surface area contributed by atoms with Gasteiger partial charge in [-0.25, -0.2) is 8.78 Å². The standard InChI is InChI=1S/C9H12F2O3S/c10-9(11)3-7(4-9,6(12)13)8(14)1-2-15-5-8/h14H,1-5H2,(H,12,13). The van der Waals surface area contributed by atoms with Crippen LogP contribution in [0.4, 0.5) is 8.78 Å². The fourth-order valence-corrected chi connectivity index (χ4v) is 3.83. The quantitative estimate of drug-likeness (QED) is 0.762. The van der Waals surface area contributed by atoms with Gasteiger partial charge in [-0.2, -0.15) is 11.8 Å². The monoisotopic (exact) mass is 238 g/mol. The Morgan fingerprint density at radius 1 is 1.33 bits per heavy atom. The number of aliphatic hydroxyl groups is 1. The van der Waals surface area contributed by atoms with Crippen LogP contribution in [-0.4, -0.2) is 39.2 Å². The Hall–Kier alpha value is -0.360. The third-order valence-electron chi connectivity index (χ3n) is 3.42.